The Hall–Kier alpha value is -0.990. The van der Waals surface area contributed by atoms with Crippen LogP contribution in [0.3, 0.4) is 0 Å². The molecule has 0 aromatic rings. The van der Waals surface area contributed by atoms with Gasteiger partial charge in [-0.1, -0.05) is 39.5 Å². The number of carbonyl (C=O) groups excluding carboxylic acids is 3. The zero-order valence-electron chi connectivity index (χ0n) is 10.4. The molecule has 0 spiro atoms. The molecule has 0 aromatic heterocycles. The van der Waals surface area contributed by atoms with Crippen LogP contribution in [0.2, 0.25) is 0 Å². The van der Waals surface area contributed by atoms with Crippen molar-refractivity contribution < 1.29 is 14.4 Å². The van der Waals surface area contributed by atoms with Gasteiger partial charge in [0.05, 0.1) is 0 Å². The number of rotatable bonds is 10. The molecule has 0 fully saturated rings. The summed E-state index contributed by atoms with van der Waals surface area (Å²) in [6.45, 7) is 4.06. The molecule has 92 valence electrons. The molecule has 0 aliphatic carbocycles. The van der Waals surface area contributed by atoms with Crippen molar-refractivity contribution in [3.63, 3.8) is 0 Å². The summed E-state index contributed by atoms with van der Waals surface area (Å²) in [6, 6.07) is 0. The Kier molecular flexibility index (Phi) is 8.68. The lowest BCUT2D eigenvalue weighted by atomic mass is 10.0. The van der Waals surface area contributed by atoms with Crippen molar-refractivity contribution in [2.75, 3.05) is 0 Å². The molecule has 0 unspecified atom stereocenters. The van der Waals surface area contributed by atoms with Gasteiger partial charge in [0.25, 0.3) is 5.78 Å². The van der Waals surface area contributed by atoms with Crippen LogP contribution in [0.25, 0.3) is 0 Å². The SMILES string of the molecule is CCCCCC(=O)C(=O)C(=O)CCCCC. The van der Waals surface area contributed by atoms with E-state index in [9.17, 15) is 14.4 Å². The number of hydrogen-bond donors (Lipinski definition) is 0. The van der Waals surface area contributed by atoms with Crippen LogP contribution >= 0.6 is 0 Å². The van der Waals surface area contributed by atoms with Crippen molar-refractivity contribution >= 4 is 17.3 Å². The Labute approximate surface area is 97.6 Å². The van der Waals surface area contributed by atoms with Crippen LogP contribution in [0.15, 0.2) is 0 Å². The summed E-state index contributed by atoms with van der Waals surface area (Å²) in [4.78, 5) is 34.0. The first kappa shape index (κ1) is 15.0. The van der Waals surface area contributed by atoms with Crippen LogP contribution < -0.4 is 0 Å². The van der Waals surface area contributed by atoms with Crippen molar-refractivity contribution in [2.24, 2.45) is 0 Å². The highest BCUT2D eigenvalue weighted by molar-refractivity contribution is 6.63. The second-order valence-electron chi connectivity index (χ2n) is 4.09. The summed E-state index contributed by atoms with van der Waals surface area (Å²) in [5.74, 6) is -1.79. The molecule has 0 bridgehead atoms. The third-order valence-electron chi connectivity index (χ3n) is 2.52. The molecule has 0 rings (SSSR count). The Balaban J connectivity index is 3.83. The van der Waals surface area contributed by atoms with Crippen LogP contribution in [0.5, 0.6) is 0 Å². The first-order valence-electron chi connectivity index (χ1n) is 6.23. The highest BCUT2D eigenvalue weighted by atomic mass is 16.2. The van der Waals surface area contributed by atoms with Gasteiger partial charge in [-0.05, 0) is 12.8 Å². The van der Waals surface area contributed by atoms with Crippen LogP contribution in [-0.4, -0.2) is 17.3 Å². The molecule has 0 saturated heterocycles. The van der Waals surface area contributed by atoms with Gasteiger partial charge in [-0.2, -0.15) is 0 Å². The molecule has 0 radical (unpaired) electrons. The van der Waals surface area contributed by atoms with Crippen LogP contribution in [0.1, 0.15) is 65.2 Å². The van der Waals surface area contributed by atoms with E-state index in [-0.39, 0.29) is 12.8 Å². The van der Waals surface area contributed by atoms with Gasteiger partial charge in [-0.15, -0.1) is 0 Å². The molecule has 0 saturated carbocycles. The lowest BCUT2D eigenvalue weighted by molar-refractivity contribution is -0.144. The quantitative estimate of drug-likeness (QED) is 0.327. The van der Waals surface area contributed by atoms with Crippen LogP contribution in [0, 0.1) is 0 Å². The van der Waals surface area contributed by atoms with E-state index in [2.05, 4.69) is 0 Å². The van der Waals surface area contributed by atoms with E-state index in [1.165, 1.54) is 0 Å². The van der Waals surface area contributed by atoms with Crippen molar-refractivity contribution in [3.8, 4) is 0 Å². The van der Waals surface area contributed by atoms with E-state index in [1.54, 1.807) is 0 Å². The predicted molar refractivity (Wildman–Crippen MR) is 63.3 cm³/mol. The lowest BCUT2D eigenvalue weighted by Crippen LogP contribution is -2.23. The van der Waals surface area contributed by atoms with Gasteiger partial charge in [-0.25, -0.2) is 0 Å². The van der Waals surface area contributed by atoms with Gasteiger partial charge in [0.2, 0.25) is 11.6 Å². The summed E-state index contributed by atoms with van der Waals surface area (Å²) in [6.07, 6.45) is 5.76. The molecule has 16 heavy (non-hydrogen) atoms. The zero-order chi connectivity index (χ0) is 12.4. The number of unbranched alkanes of at least 4 members (excludes halogenated alkanes) is 4. The molecule has 3 heteroatoms. The minimum Gasteiger partial charge on any atom is -0.290 e. The molecular formula is C13H22O3. The maximum atomic E-state index is 11.3. The molecule has 0 heterocycles. The number of Topliss-reactive ketones (excluding diaryl/α,β-unsaturated/α-hetero) is 3. The van der Waals surface area contributed by atoms with Crippen molar-refractivity contribution in [1.29, 1.82) is 0 Å². The number of carbonyl (C=O) groups is 3. The Morgan fingerprint density at radius 3 is 1.38 bits per heavy atom. The molecular weight excluding hydrogens is 204 g/mol. The maximum absolute atomic E-state index is 11.3. The van der Waals surface area contributed by atoms with Gasteiger partial charge >= 0.3 is 0 Å². The molecule has 0 N–H and O–H groups in total. The first-order chi connectivity index (χ1) is 7.63. The molecule has 3 nitrogen and oxygen atoms in total. The summed E-state index contributed by atoms with van der Waals surface area (Å²) >= 11 is 0. The Morgan fingerprint density at radius 1 is 0.688 bits per heavy atom. The van der Waals surface area contributed by atoms with Gasteiger partial charge in [-0.3, -0.25) is 14.4 Å². The van der Waals surface area contributed by atoms with Gasteiger partial charge in [0, 0.05) is 12.8 Å². The highest BCUT2D eigenvalue weighted by Gasteiger charge is 2.20. The summed E-state index contributed by atoms with van der Waals surface area (Å²) in [5, 5.41) is 0. The van der Waals surface area contributed by atoms with E-state index >= 15 is 0 Å². The van der Waals surface area contributed by atoms with E-state index in [1.807, 2.05) is 13.8 Å². The maximum Gasteiger partial charge on any atom is 0.264 e. The lowest BCUT2D eigenvalue weighted by Gasteiger charge is -1.99. The van der Waals surface area contributed by atoms with Gasteiger partial charge in [0.15, 0.2) is 0 Å². The second kappa shape index (κ2) is 9.25. The van der Waals surface area contributed by atoms with Gasteiger partial charge < -0.3 is 0 Å². The summed E-state index contributed by atoms with van der Waals surface area (Å²) in [7, 11) is 0. The third-order valence-corrected chi connectivity index (χ3v) is 2.52. The van der Waals surface area contributed by atoms with E-state index < -0.39 is 17.3 Å². The fourth-order valence-corrected chi connectivity index (χ4v) is 1.45. The summed E-state index contributed by atoms with van der Waals surface area (Å²) < 4.78 is 0. The zero-order valence-corrected chi connectivity index (χ0v) is 10.4. The number of ketones is 3. The minimum atomic E-state index is -0.785. The standard InChI is InChI=1S/C13H22O3/c1-3-5-7-9-11(14)13(16)12(15)10-8-6-4-2/h3-10H2,1-2H3. The molecule has 0 aromatic carbocycles. The predicted octanol–water partition coefficient (Wildman–Crippen LogP) is 2.85. The fourth-order valence-electron chi connectivity index (χ4n) is 1.45. The molecule has 0 aliphatic rings. The highest BCUT2D eigenvalue weighted by Crippen LogP contribution is 2.04. The van der Waals surface area contributed by atoms with Crippen LogP contribution in [-0.2, 0) is 14.4 Å². The van der Waals surface area contributed by atoms with E-state index in [4.69, 9.17) is 0 Å². The average molecular weight is 226 g/mol. The molecule has 0 atom stereocenters. The minimum absolute atomic E-state index is 0.228. The number of hydrogen-bond acceptors (Lipinski definition) is 3. The first-order valence-corrected chi connectivity index (χ1v) is 6.23. The van der Waals surface area contributed by atoms with Crippen LogP contribution in [0.4, 0.5) is 0 Å². The normalized spacial score (nSPS) is 10.1. The second-order valence-corrected chi connectivity index (χ2v) is 4.09. The Morgan fingerprint density at radius 2 is 1.06 bits per heavy atom. The van der Waals surface area contributed by atoms with Gasteiger partial charge in [0.1, 0.15) is 0 Å². The molecule has 0 aliphatic heterocycles. The summed E-state index contributed by atoms with van der Waals surface area (Å²) in [5.41, 5.74) is 0. The average Bonchev–Trinajstić information content (AvgIpc) is 2.28. The third kappa shape index (κ3) is 6.49. The van der Waals surface area contributed by atoms with E-state index in [0.29, 0.717) is 12.8 Å². The van der Waals surface area contributed by atoms with Crippen molar-refractivity contribution in [1.82, 2.24) is 0 Å². The monoisotopic (exact) mass is 226 g/mol. The smallest absolute Gasteiger partial charge is 0.264 e. The topological polar surface area (TPSA) is 51.2 Å². The van der Waals surface area contributed by atoms with E-state index in [0.717, 1.165) is 25.7 Å². The van der Waals surface area contributed by atoms with Crippen molar-refractivity contribution in [2.45, 2.75) is 65.2 Å². The Bertz CT molecular complexity index is 220. The molecule has 0 amide bonds. The largest absolute Gasteiger partial charge is 0.290 e. The van der Waals surface area contributed by atoms with Crippen molar-refractivity contribution in [3.05, 3.63) is 0 Å². The fraction of sp³-hybridized carbons (Fsp3) is 0.769.